The Morgan fingerprint density at radius 1 is 1.03 bits per heavy atom. The Bertz CT molecular complexity index is 1310. The fraction of sp³-hybridized carbons (Fsp3) is 0.364. The summed E-state index contributed by atoms with van der Waals surface area (Å²) < 4.78 is 26.8. The number of hydrogen-bond donors (Lipinski definition) is 1. The number of rotatable bonds is 4. The fourth-order valence-corrected chi connectivity index (χ4v) is 4.42. The lowest BCUT2D eigenvalue weighted by Gasteiger charge is -2.25. The molecule has 0 amide bonds. The maximum absolute atomic E-state index is 6.38. The zero-order valence-corrected chi connectivity index (χ0v) is 17.6. The molecule has 2 aliphatic rings. The van der Waals surface area contributed by atoms with Gasteiger partial charge >= 0.3 is 0 Å². The summed E-state index contributed by atoms with van der Waals surface area (Å²) in [6.07, 6.45) is 5.24. The molecule has 2 saturated heterocycles. The standard InChI is InChI=1S/C22H22N6O4/c1-22(2)31-17-16(10-29-12-3-4-14-15(9-12)25-7-6-24-14)30-21(18(17)32-22)28-8-5-13-19(23)26-11-27-20(13)28/h3-9,11,16-18,21H,10H2,1-2H3,(H2,23,26,27)/t16-,17-,18-,21-/m1/s1. The minimum Gasteiger partial charge on any atom is -0.491 e. The summed E-state index contributed by atoms with van der Waals surface area (Å²) in [4.78, 5) is 17.1. The first-order chi connectivity index (χ1) is 15.5. The molecule has 10 nitrogen and oxygen atoms in total. The third-order valence-corrected chi connectivity index (χ3v) is 5.79. The number of hydrogen-bond acceptors (Lipinski definition) is 9. The van der Waals surface area contributed by atoms with Gasteiger partial charge in [-0.25, -0.2) is 9.97 Å². The molecule has 0 spiro atoms. The van der Waals surface area contributed by atoms with E-state index in [1.807, 2.05) is 48.9 Å². The molecule has 1 aromatic carbocycles. The van der Waals surface area contributed by atoms with Crippen molar-refractivity contribution < 1.29 is 18.9 Å². The van der Waals surface area contributed by atoms with Crippen LogP contribution in [0.15, 0.2) is 49.2 Å². The number of nitrogens with two attached hydrogens (primary N) is 1. The molecule has 5 heterocycles. The number of benzene rings is 1. The highest BCUT2D eigenvalue weighted by Crippen LogP contribution is 2.44. The van der Waals surface area contributed by atoms with Crippen molar-refractivity contribution >= 4 is 27.9 Å². The first-order valence-corrected chi connectivity index (χ1v) is 10.4. The zero-order chi connectivity index (χ0) is 21.9. The van der Waals surface area contributed by atoms with E-state index in [9.17, 15) is 0 Å². The van der Waals surface area contributed by atoms with Crippen LogP contribution >= 0.6 is 0 Å². The predicted molar refractivity (Wildman–Crippen MR) is 115 cm³/mol. The maximum atomic E-state index is 6.38. The van der Waals surface area contributed by atoms with Crippen LogP contribution in [0.3, 0.4) is 0 Å². The number of ether oxygens (including phenoxy) is 4. The van der Waals surface area contributed by atoms with Gasteiger partial charge in [-0.2, -0.15) is 0 Å². The Morgan fingerprint density at radius 2 is 1.84 bits per heavy atom. The van der Waals surface area contributed by atoms with Crippen molar-refractivity contribution in [1.82, 2.24) is 24.5 Å². The van der Waals surface area contributed by atoms with Crippen LogP contribution in [0, 0.1) is 0 Å². The molecule has 6 rings (SSSR count). The van der Waals surface area contributed by atoms with Gasteiger partial charge in [0.05, 0.1) is 16.4 Å². The first-order valence-electron chi connectivity index (χ1n) is 10.4. The van der Waals surface area contributed by atoms with E-state index in [-0.39, 0.29) is 18.3 Å². The summed E-state index contributed by atoms with van der Waals surface area (Å²) in [5.74, 6) is 0.378. The first kappa shape index (κ1) is 19.4. The SMILES string of the molecule is CC1(C)O[C@@H]2[C@H](O1)[C@@H](COc1ccc3nccnc3c1)O[C@H]2n1ccc2c(N)ncnc21. The maximum Gasteiger partial charge on any atom is 0.164 e. The average Bonchev–Trinajstić information content (AvgIpc) is 3.44. The lowest BCUT2D eigenvalue weighted by Crippen LogP contribution is -2.33. The molecular formula is C22H22N6O4. The molecule has 32 heavy (non-hydrogen) atoms. The highest BCUT2D eigenvalue weighted by Gasteiger charge is 2.56. The van der Waals surface area contributed by atoms with E-state index < -0.39 is 12.0 Å². The summed E-state index contributed by atoms with van der Waals surface area (Å²) >= 11 is 0. The van der Waals surface area contributed by atoms with Crippen molar-refractivity contribution in [2.75, 3.05) is 12.3 Å². The second-order valence-electron chi connectivity index (χ2n) is 8.37. The summed E-state index contributed by atoms with van der Waals surface area (Å²) in [6.45, 7) is 4.09. The molecule has 0 unspecified atom stereocenters. The molecule has 2 fully saturated rings. The Balaban J connectivity index is 1.28. The van der Waals surface area contributed by atoms with E-state index in [0.29, 0.717) is 23.8 Å². The van der Waals surface area contributed by atoms with Crippen LogP contribution in [0.25, 0.3) is 22.1 Å². The van der Waals surface area contributed by atoms with Crippen LogP contribution in [0.5, 0.6) is 5.75 Å². The van der Waals surface area contributed by atoms with Crippen molar-refractivity contribution in [1.29, 1.82) is 0 Å². The molecule has 4 aromatic rings. The highest BCUT2D eigenvalue weighted by atomic mass is 16.8. The van der Waals surface area contributed by atoms with Crippen LogP contribution < -0.4 is 10.5 Å². The van der Waals surface area contributed by atoms with E-state index in [2.05, 4.69) is 19.9 Å². The molecule has 4 atom stereocenters. The molecule has 0 saturated carbocycles. The Labute approximate surface area is 183 Å². The van der Waals surface area contributed by atoms with E-state index in [1.54, 1.807) is 12.4 Å². The third-order valence-electron chi connectivity index (χ3n) is 5.79. The van der Waals surface area contributed by atoms with Gasteiger partial charge in [-0.1, -0.05) is 0 Å². The Kier molecular flexibility index (Phi) is 4.29. The normalized spacial score (nSPS) is 26.6. The van der Waals surface area contributed by atoms with E-state index in [4.69, 9.17) is 24.7 Å². The minimum absolute atomic E-state index is 0.291. The van der Waals surface area contributed by atoms with Gasteiger partial charge in [0.25, 0.3) is 0 Å². The lowest BCUT2D eigenvalue weighted by atomic mass is 10.1. The molecule has 0 aliphatic carbocycles. The molecule has 3 aromatic heterocycles. The number of aromatic nitrogens is 5. The van der Waals surface area contributed by atoms with Crippen LogP contribution in [0.2, 0.25) is 0 Å². The van der Waals surface area contributed by atoms with Crippen molar-refractivity contribution in [3.05, 3.63) is 49.2 Å². The second kappa shape index (κ2) is 7.09. The quantitative estimate of drug-likeness (QED) is 0.516. The summed E-state index contributed by atoms with van der Waals surface area (Å²) in [7, 11) is 0. The highest BCUT2D eigenvalue weighted by molar-refractivity contribution is 5.86. The van der Waals surface area contributed by atoms with Crippen LogP contribution in [-0.4, -0.2) is 55.2 Å². The van der Waals surface area contributed by atoms with Crippen molar-refractivity contribution in [3.8, 4) is 5.75 Å². The van der Waals surface area contributed by atoms with Gasteiger partial charge in [0, 0.05) is 24.7 Å². The van der Waals surface area contributed by atoms with Crippen molar-refractivity contribution in [3.63, 3.8) is 0 Å². The summed E-state index contributed by atoms with van der Waals surface area (Å²) in [6, 6.07) is 7.49. The number of anilines is 1. The van der Waals surface area contributed by atoms with Gasteiger partial charge in [0.1, 0.15) is 48.5 Å². The third kappa shape index (κ3) is 3.15. The van der Waals surface area contributed by atoms with Gasteiger partial charge < -0.3 is 29.2 Å². The zero-order valence-electron chi connectivity index (χ0n) is 17.6. The lowest BCUT2D eigenvalue weighted by molar-refractivity contribution is -0.198. The average molecular weight is 434 g/mol. The van der Waals surface area contributed by atoms with Crippen LogP contribution in [0.4, 0.5) is 5.82 Å². The largest absolute Gasteiger partial charge is 0.491 e. The molecule has 2 N–H and O–H groups in total. The van der Waals surface area contributed by atoms with Gasteiger partial charge in [-0.15, -0.1) is 0 Å². The summed E-state index contributed by atoms with van der Waals surface area (Å²) in [5.41, 5.74) is 8.27. The number of nitrogens with zero attached hydrogens (tertiary/aromatic N) is 5. The van der Waals surface area contributed by atoms with Crippen molar-refractivity contribution in [2.24, 2.45) is 0 Å². The number of nitrogen functional groups attached to an aromatic ring is 1. The molecule has 2 aliphatic heterocycles. The van der Waals surface area contributed by atoms with Gasteiger partial charge in [0.2, 0.25) is 0 Å². The second-order valence-corrected chi connectivity index (χ2v) is 8.37. The van der Waals surface area contributed by atoms with E-state index in [1.165, 1.54) is 6.33 Å². The van der Waals surface area contributed by atoms with Gasteiger partial charge in [0.15, 0.2) is 12.0 Å². The predicted octanol–water partition coefficient (Wildman–Crippen LogP) is 2.45. The van der Waals surface area contributed by atoms with Crippen LogP contribution in [0.1, 0.15) is 20.1 Å². The van der Waals surface area contributed by atoms with Crippen LogP contribution in [-0.2, 0) is 14.2 Å². The smallest absolute Gasteiger partial charge is 0.164 e. The summed E-state index contributed by atoms with van der Waals surface area (Å²) in [5, 5.41) is 0.766. The van der Waals surface area contributed by atoms with Gasteiger partial charge in [-0.3, -0.25) is 9.97 Å². The van der Waals surface area contributed by atoms with Gasteiger partial charge in [-0.05, 0) is 32.0 Å². The topological polar surface area (TPSA) is 119 Å². The van der Waals surface area contributed by atoms with E-state index in [0.717, 1.165) is 16.4 Å². The molecule has 164 valence electrons. The molecule has 0 radical (unpaired) electrons. The fourth-order valence-electron chi connectivity index (χ4n) is 4.42. The van der Waals surface area contributed by atoms with E-state index >= 15 is 0 Å². The number of fused-ring (bicyclic) bond motifs is 3. The Hall–Kier alpha value is -3.34. The minimum atomic E-state index is -0.731. The Morgan fingerprint density at radius 3 is 2.72 bits per heavy atom. The molecule has 10 heteroatoms. The monoisotopic (exact) mass is 434 g/mol. The molecular weight excluding hydrogens is 412 g/mol. The van der Waals surface area contributed by atoms with Crippen molar-refractivity contribution in [2.45, 2.75) is 44.2 Å². The molecule has 0 bridgehead atoms.